The van der Waals surface area contributed by atoms with Crippen molar-refractivity contribution >= 4 is 37.2 Å². The van der Waals surface area contributed by atoms with Crippen LogP contribution >= 0.6 is 37.2 Å². The molecule has 0 radical (unpaired) electrons. The normalized spacial score (nSPS) is 17.6. The molecule has 0 aromatic heterocycles. The van der Waals surface area contributed by atoms with E-state index in [1.165, 1.54) is 39.0 Å². The van der Waals surface area contributed by atoms with Gasteiger partial charge in [0.25, 0.3) is 0 Å². The topological polar surface area (TPSA) is 15.3 Å². The molecule has 0 bridgehead atoms. The van der Waals surface area contributed by atoms with Crippen LogP contribution in [0.25, 0.3) is 0 Å². The van der Waals surface area contributed by atoms with Gasteiger partial charge in [0.05, 0.1) is 0 Å². The third-order valence-corrected chi connectivity index (χ3v) is 4.87. The van der Waals surface area contributed by atoms with Gasteiger partial charge < -0.3 is 0 Å². The second-order valence-electron chi connectivity index (χ2n) is 3.39. The van der Waals surface area contributed by atoms with E-state index in [0.717, 1.165) is 0 Å². The van der Waals surface area contributed by atoms with E-state index in [4.69, 9.17) is 0 Å². The number of halogens is 3. The molecule has 1 aliphatic rings. The molecule has 0 amide bonds. The quantitative estimate of drug-likeness (QED) is 0.749. The van der Waals surface area contributed by atoms with Crippen molar-refractivity contribution in [3.8, 4) is 0 Å². The van der Waals surface area contributed by atoms with Gasteiger partial charge in [-0.05, 0) is 0 Å². The van der Waals surface area contributed by atoms with Crippen molar-refractivity contribution in [1.29, 1.82) is 0 Å². The molecule has 1 saturated heterocycles. The first-order valence-electron chi connectivity index (χ1n) is 4.56. The molecule has 0 aromatic carbocycles. The Labute approximate surface area is 113 Å². The monoisotopic (exact) mass is 299 g/mol. The van der Waals surface area contributed by atoms with E-state index < -0.39 is 18.1 Å². The molecule has 1 N–H and O–H groups in total. The van der Waals surface area contributed by atoms with E-state index in [0.29, 0.717) is 0 Å². The third kappa shape index (κ3) is 8.78. The van der Waals surface area contributed by atoms with Crippen LogP contribution in [0.15, 0.2) is 0 Å². The van der Waals surface area contributed by atoms with Crippen molar-refractivity contribution < 1.29 is 18.1 Å². The number of nitrogens with zero attached hydrogens (tertiary/aromatic N) is 1. The average molecular weight is 301 g/mol. The van der Waals surface area contributed by atoms with Crippen LogP contribution in [0.2, 0.25) is 10.5 Å². The van der Waals surface area contributed by atoms with Crippen LogP contribution in [-0.2, 0) is 18.1 Å². The Bertz CT molecular complexity index is 109. The molecule has 1 aliphatic heterocycles. The van der Waals surface area contributed by atoms with Gasteiger partial charge in [-0.2, -0.15) is 0 Å². The number of nitrogens with one attached hydrogen (secondary N) is 1. The summed E-state index contributed by atoms with van der Waals surface area (Å²) < 4.78 is 2.74. The zero-order chi connectivity index (χ0) is 8.10. The molecule has 2 nitrogen and oxygen atoms in total. The fourth-order valence-corrected chi connectivity index (χ4v) is 3.36. The Morgan fingerprint density at radius 1 is 0.929 bits per heavy atom. The summed E-state index contributed by atoms with van der Waals surface area (Å²) in [6.07, 6.45) is 2.69. The minimum absolute atomic E-state index is 0. The van der Waals surface area contributed by atoms with Gasteiger partial charge in [0.15, 0.2) is 0 Å². The van der Waals surface area contributed by atoms with Crippen molar-refractivity contribution in [2.75, 3.05) is 26.2 Å². The van der Waals surface area contributed by atoms with Gasteiger partial charge >= 0.3 is 76.3 Å². The summed E-state index contributed by atoms with van der Waals surface area (Å²) in [5, 5.41) is 8.35. The van der Waals surface area contributed by atoms with Gasteiger partial charge in [-0.3, -0.25) is 0 Å². The van der Waals surface area contributed by atoms with Gasteiger partial charge in [-0.25, -0.2) is 0 Å². The van der Waals surface area contributed by atoms with Crippen molar-refractivity contribution in [2.24, 2.45) is 0 Å². The molecule has 0 saturated carbocycles. The summed E-state index contributed by atoms with van der Waals surface area (Å²) in [5.74, 6) is 0. The summed E-state index contributed by atoms with van der Waals surface area (Å²) in [6.45, 7) is 5.13. The van der Waals surface area contributed by atoms with Gasteiger partial charge in [-0.1, -0.05) is 0 Å². The summed E-state index contributed by atoms with van der Waals surface area (Å²) in [4.78, 5) is 0. The Kier molecular flexibility index (Phi) is 18.7. The van der Waals surface area contributed by atoms with Crippen LogP contribution in [0.1, 0.15) is 12.8 Å². The van der Waals surface area contributed by atoms with Crippen LogP contribution in [0.5, 0.6) is 0 Å². The summed E-state index contributed by atoms with van der Waals surface area (Å²) in [6, 6.07) is 0. The summed E-state index contributed by atoms with van der Waals surface area (Å²) in [7, 11) is 0. The molecule has 1 heterocycles. The SMILES string of the molecule is Cl.Cl.Cl.[CH3][Ti]([CH3])[N]1CCCNCCC1. The predicted molar refractivity (Wildman–Crippen MR) is 67.1 cm³/mol. The average Bonchev–Trinajstić information content (AvgIpc) is 1.84. The van der Waals surface area contributed by atoms with Gasteiger partial charge in [0.2, 0.25) is 0 Å². The molecule has 0 aliphatic carbocycles. The molecule has 89 valence electrons. The molecule has 1 fully saturated rings. The molecule has 0 atom stereocenters. The van der Waals surface area contributed by atoms with Crippen molar-refractivity contribution in [3.63, 3.8) is 0 Å². The van der Waals surface area contributed by atoms with Crippen LogP contribution in [0, 0.1) is 0 Å². The van der Waals surface area contributed by atoms with E-state index >= 15 is 0 Å². The van der Waals surface area contributed by atoms with Gasteiger partial charge in [0, 0.05) is 0 Å². The molecule has 0 aromatic rings. The maximum absolute atomic E-state index is 3.44. The first-order valence-corrected chi connectivity index (χ1v) is 8.38. The summed E-state index contributed by atoms with van der Waals surface area (Å²) >= 11 is -0.740. The van der Waals surface area contributed by atoms with E-state index in [1.54, 1.807) is 0 Å². The molecular weight excluding hydrogens is 278 g/mol. The fourth-order valence-electron chi connectivity index (χ4n) is 1.47. The molecular formula is C8H22Cl3N2Ti. The van der Waals surface area contributed by atoms with Crippen LogP contribution in [0.3, 0.4) is 0 Å². The molecule has 0 unspecified atom stereocenters. The first kappa shape index (κ1) is 20.9. The second kappa shape index (κ2) is 12.6. The summed E-state index contributed by atoms with van der Waals surface area (Å²) in [5.41, 5.74) is 0. The molecule has 1 rings (SSSR count). The van der Waals surface area contributed by atoms with Crippen molar-refractivity contribution in [3.05, 3.63) is 0 Å². The van der Waals surface area contributed by atoms with Crippen molar-refractivity contribution in [2.45, 2.75) is 23.3 Å². The zero-order valence-electron chi connectivity index (χ0n) is 8.91. The van der Waals surface area contributed by atoms with E-state index in [9.17, 15) is 0 Å². The van der Waals surface area contributed by atoms with Crippen LogP contribution < -0.4 is 5.32 Å². The second-order valence-corrected chi connectivity index (χ2v) is 7.34. The molecule has 6 heteroatoms. The fraction of sp³-hybridized carbons (Fsp3) is 1.00. The number of rotatable bonds is 1. The third-order valence-electron chi connectivity index (χ3n) is 2.20. The van der Waals surface area contributed by atoms with Crippen molar-refractivity contribution in [1.82, 2.24) is 8.70 Å². The van der Waals surface area contributed by atoms with E-state index in [1.807, 2.05) is 0 Å². The maximum atomic E-state index is 3.44. The molecule has 0 spiro atoms. The van der Waals surface area contributed by atoms with Crippen LogP contribution in [0.4, 0.5) is 0 Å². The van der Waals surface area contributed by atoms with Gasteiger partial charge in [0.1, 0.15) is 0 Å². The standard InChI is InChI=1S/C6H13N2.2CH3.3ClH.Ti/c1-3-7-5-2-6-8-4-1;;;;;;/h7H,1-6H2;2*1H3;3*1H;/q-1;;;;;;+1. The van der Waals surface area contributed by atoms with E-state index in [-0.39, 0.29) is 37.2 Å². The number of hydrogen-bond acceptors (Lipinski definition) is 2. The Morgan fingerprint density at radius 2 is 1.36 bits per heavy atom. The molecule has 14 heavy (non-hydrogen) atoms. The predicted octanol–water partition coefficient (Wildman–Crippen LogP) is 2.57. The Morgan fingerprint density at radius 3 is 1.71 bits per heavy atom. The Hall–Kier alpha value is 1.50. The van der Waals surface area contributed by atoms with Crippen LogP contribution in [-0.4, -0.2) is 29.6 Å². The minimum atomic E-state index is -0.740. The van der Waals surface area contributed by atoms with Gasteiger partial charge in [-0.15, -0.1) is 37.2 Å². The Balaban J connectivity index is -0.000000403. The van der Waals surface area contributed by atoms with E-state index in [2.05, 4.69) is 19.2 Å². The number of hydrogen-bond donors (Lipinski definition) is 1. The zero-order valence-corrected chi connectivity index (χ0v) is 12.9. The first-order chi connectivity index (χ1) is 5.30.